The van der Waals surface area contributed by atoms with E-state index in [0.29, 0.717) is 6.92 Å². The number of halogens is 6. The van der Waals surface area contributed by atoms with Crippen molar-refractivity contribution in [1.29, 1.82) is 0 Å². The first-order chi connectivity index (χ1) is 14.8. The molecule has 0 saturated heterocycles. The van der Waals surface area contributed by atoms with E-state index in [9.17, 15) is 26.3 Å². The minimum Gasteiger partial charge on any atom is -0.368 e. The minimum atomic E-state index is -3.28. The van der Waals surface area contributed by atoms with E-state index >= 15 is 0 Å². The highest BCUT2D eigenvalue weighted by atomic mass is 19.3. The van der Waals surface area contributed by atoms with E-state index in [-0.39, 0.29) is 49.1 Å². The number of hydrogen-bond acceptors (Lipinski definition) is 7. The standard InChI is InChI=1S/C19H21F6N7/c1-17(20,21)13-9-27-8-12(28-13)14-29-15(26)31-16(30-14)32(10-2-4-18(22,23)6-10)11-3-5-19(24,25)7-11/h8-11H,2-7H2,1H3,(H2,26,29,30,31). The first-order valence-corrected chi connectivity index (χ1v) is 10.1. The molecule has 0 amide bonds. The molecule has 2 aliphatic rings. The second-order valence-electron chi connectivity index (χ2n) is 8.41. The molecule has 0 spiro atoms. The molecule has 2 fully saturated rings. The first-order valence-electron chi connectivity index (χ1n) is 10.1. The smallest absolute Gasteiger partial charge is 0.288 e. The van der Waals surface area contributed by atoms with E-state index in [2.05, 4.69) is 24.9 Å². The Morgan fingerprint density at radius 2 is 1.53 bits per heavy atom. The summed E-state index contributed by atoms with van der Waals surface area (Å²) < 4.78 is 83.1. The molecular weight excluding hydrogens is 440 g/mol. The largest absolute Gasteiger partial charge is 0.368 e. The summed E-state index contributed by atoms with van der Waals surface area (Å²) in [6.07, 6.45) is 0.322. The fraction of sp³-hybridized carbons (Fsp3) is 0.632. The summed E-state index contributed by atoms with van der Waals surface area (Å²) in [6, 6.07) is -1.56. The van der Waals surface area contributed by atoms with Crippen LogP contribution < -0.4 is 10.6 Å². The van der Waals surface area contributed by atoms with Gasteiger partial charge in [-0.1, -0.05) is 0 Å². The van der Waals surface area contributed by atoms with Gasteiger partial charge in [-0.3, -0.25) is 4.98 Å². The number of nitrogen functional groups attached to an aromatic ring is 1. The van der Waals surface area contributed by atoms with Crippen LogP contribution in [0.3, 0.4) is 0 Å². The Morgan fingerprint density at radius 1 is 0.938 bits per heavy atom. The Hall–Kier alpha value is -2.73. The molecule has 2 atom stereocenters. The monoisotopic (exact) mass is 461 g/mol. The number of anilines is 2. The fourth-order valence-corrected chi connectivity index (χ4v) is 4.25. The van der Waals surface area contributed by atoms with Gasteiger partial charge in [0.15, 0.2) is 5.82 Å². The van der Waals surface area contributed by atoms with Gasteiger partial charge < -0.3 is 10.6 Å². The number of rotatable bonds is 5. The Labute approximate surface area is 179 Å². The Morgan fingerprint density at radius 3 is 2.03 bits per heavy atom. The van der Waals surface area contributed by atoms with Crippen LogP contribution >= 0.6 is 0 Å². The molecule has 2 aromatic rings. The second-order valence-corrected chi connectivity index (χ2v) is 8.41. The van der Waals surface area contributed by atoms with Gasteiger partial charge in [-0.25, -0.2) is 22.5 Å². The molecule has 7 nitrogen and oxygen atoms in total. The highest BCUT2D eigenvalue weighted by molar-refractivity contribution is 5.53. The molecule has 174 valence electrons. The van der Waals surface area contributed by atoms with Crippen LogP contribution in [0.4, 0.5) is 38.2 Å². The van der Waals surface area contributed by atoms with Gasteiger partial charge in [0.05, 0.1) is 12.4 Å². The summed E-state index contributed by atoms with van der Waals surface area (Å²) in [7, 11) is 0. The predicted octanol–water partition coefficient (Wildman–Crippen LogP) is 4.20. The average molecular weight is 461 g/mol. The van der Waals surface area contributed by atoms with Crippen molar-refractivity contribution in [3.8, 4) is 11.5 Å². The highest BCUT2D eigenvalue weighted by Gasteiger charge is 2.49. The molecule has 0 radical (unpaired) electrons. The maximum absolute atomic E-state index is 13.9. The van der Waals surface area contributed by atoms with Crippen molar-refractivity contribution in [3.05, 3.63) is 18.1 Å². The molecule has 2 saturated carbocycles. The maximum Gasteiger partial charge on any atom is 0.288 e. The van der Waals surface area contributed by atoms with E-state index in [1.165, 1.54) is 4.90 Å². The third kappa shape index (κ3) is 4.70. The highest BCUT2D eigenvalue weighted by Crippen LogP contribution is 2.44. The molecule has 2 aliphatic carbocycles. The van der Waals surface area contributed by atoms with Crippen molar-refractivity contribution in [2.24, 2.45) is 0 Å². The van der Waals surface area contributed by atoms with E-state index < -0.39 is 48.4 Å². The summed E-state index contributed by atoms with van der Waals surface area (Å²) >= 11 is 0. The molecule has 2 heterocycles. The Balaban J connectivity index is 1.75. The lowest BCUT2D eigenvalue weighted by Crippen LogP contribution is -2.43. The van der Waals surface area contributed by atoms with Gasteiger partial charge in [-0.05, 0) is 12.8 Å². The lowest BCUT2D eigenvalue weighted by molar-refractivity contribution is 0.00529. The first kappa shape index (κ1) is 22.5. The van der Waals surface area contributed by atoms with Crippen molar-refractivity contribution in [2.75, 3.05) is 10.6 Å². The van der Waals surface area contributed by atoms with Crippen LogP contribution in [-0.2, 0) is 5.92 Å². The predicted molar refractivity (Wildman–Crippen MR) is 102 cm³/mol. The molecule has 0 bridgehead atoms. The summed E-state index contributed by atoms with van der Waals surface area (Å²) in [5, 5.41) is 0. The van der Waals surface area contributed by atoms with E-state index in [4.69, 9.17) is 5.73 Å². The molecule has 4 rings (SSSR count). The van der Waals surface area contributed by atoms with Crippen LogP contribution in [0, 0.1) is 0 Å². The molecular formula is C19H21F6N7. The number of nitrogens with zero attached hydrogens (tertiary/aromatic N) is 6. The third-order valence-electron chi connectivity index (χ3n) is 5.73. The van der Waals surface area contributed by atoms with E-state index in [0.717, 1.165) is 12.4 Å². The van der Waals surface area contributed by atoms with E-state index in [1.54, 1.807) is 0 Å². The number of nitrogens with two attached hydrogens (primary N) is 1. The zero-order valence-electron chi connectivity index (χ0n) is 17.1. The van der Waals surface area contributed by atoms with E-state index in [1.807, 2.05) is 0 Å². The maximum atomic E-state index is 13.9. The van der Waals surface area contributed by atoms with Crippen molar-refractivity contribution < 1.29 is 26.3 Å². The molecule has 2 unspecified atom stereocenters. The topological polar surface area (TPSA) is 93.7 Å². The summed E-state index contributed by atoms with van der Waals surface area (Å²) in [6.45, 7) is 0.649. The van der Waals surface area contributed by atoms with Gasteiger partial charge in [0.25, 0.3) is 5.92 Å². The average Bonchev–Trinajstić information content (AvgIpc) is 3.22. The third-order valence-corrected chi connectivity index (χ3v) is 5.73. The van der Waals surface area contributed by atoms with Gasteiger partial charge in [0, 0.05) is 44.7 Å². The van der Waals surface area contributed by atoms with Gasteiger partial charge >= 0.3 is 0 Å². The fourth-order valence-electron chi connectivity index (χ4n) is 4.25. The molecule has 32 heavy (non-hydrogen) atoms. The Kier molecular flexibility index (Phi) is 5.40. The normalized spacial score (nSPS) is 24.6. The minimum absolute atomic E-state index is 0.0628. The van der Waals surface area contributed by atoms with Gasteiger partial charge in [0.2, 0.25) is 23.7 Å². The van der Waals surface area contributed by atoms with Crippen molar-refractivity contribution in [1.82, 2.24) is 24.9 Å². The van der Waals surface area contributed by atoms with Gasteiger partial charge in [-0.2, -0.15) is 23.7 Å². The quantitative estimate of drug-likeness (QED) is 0.667. The second kappa shape index (κ2) is 7.69. The summed E-state index contributed by atoms with van der Waals surface area (Å²) in [4.78, 5) is 21.0. The van der Waals surface area contributed by atoms with Crippen LogP contribution in [-0.4, -0.2) is 48.8 Å². The molecule has 0 aliphatic heterocycles. The van der Waals surface area contributed by atoms with Crippen LogP contribution in [0.15, 0.2) is 12.4 Å². The van der Waals surface area contributed by atoms with Gasteiger partial charge in [0.1, 0.15) is 11.4 Å². The van der Waals surface area contributed by atoms with Gasteiger partial charge in [-0.15, -0.1) is 0 Å². The summed E-state index contributed by atoms with van der Waals surface area (Å²) in [5.41, 5.74) is 5.02. The zero-order chi connectivity index (χ0) is 23.3. The molecule has 0 aromatic carbocycles. The lowest BCUT2D eigenvalue weighted by atomic mass is 10.1. The molecule has 2 aromatic heterocycles. The van der Waals surface area contributed by atoms with Crippen LogP contribution in [0.2, 0.25) is 0 Å². The molecule has 13 heteroatoms. The van der Waals surface area contributed by atoms with Crippen molar-refractivity contribution in [2.45, 2.75) is 75.3 Å². The zero-order valence-corrected chi connectivity index (χ0v) is 17.1. The number of alkyl halides is 6. The van der Waals surface area contributed by atoms with Crippen molar-refractivity contribution in [3.63, 3.8) is 0 Å². The SMILES string of the molecule is CC(F)(F)c1cncc(-c2nc(N)nc(N(C3CCC(F)(F)C3)C3CCC(F)(F)C3)n2)n1. The van der Waals surface area contributed by atoms with Crippen LogP contribution in [0.5, 0.6) is 0 Å². The van der Waals surface area contributed by atoms with Crippen LogP contribution in [0.25, 0.3) is 11.5 Å². The Bertz CT molecular complexity index is 970. The summed E-state index contributed by atoms with van der Waals surface area (Å²) in [5.74, 6) is -9.82. The van der Waals surface area contributed by atoms with Crippen LogP contribution in [0.1, 0.15) is 51.1 Å². The lowest BCUT2D eigenvalue weighted by Gasteiger charge is -2.34. The number of aromatic nitrogens is 5. The van der Waals surface area contributed by atoms with Crippen molar-refractivity contribution >= 4 is 11.9 Å². The molecule has 2 N–H and O–H groups in total. The number of hydrogen-bond donors (Lipinski definition) is 1.